The Morgan fingerprint density at radius 1 is 1.11 bits per heavy atom. The Labute approximate surface area is 221 Å². The summed E-state index contributed by atoms with van der Waals surface area (Å²) in [7, 11) is -5.58. The lowest BCUT2D eigenvalue weighted by Crippen LogP contribution is -2.55. The summed E-state index contributed by atoms with van der Waals surface area (Å²) in [5, 5.41) is 3.43. The summed E-state index contributed by atoms with van der Waals surface area (Å²) in [6.45, 7) is 1.67. The second-order valence-corrected chi connectivity index (χ2v) is 13.2. The number of nitrogens with one attached hydrogen (secondary N) is 2. The van der Waals surface area contributed by atoms with Crippen LogP contribution in [0, 0.1) is 11.8 Å². The quantitative estimate of drug-likeness (QED) is 0.530. The largest absolute Gasteiger partial charge is 0.511 e. The van der Waals surface area contributed by atoms with E-state index in [4.69, 9.17) is 11.6 Å². The first kappa shape index (κ1) is 27.1. The number of alkyl halides is 3. The molecule has 0 radical (unpaired) electrons. The van der Waals surface area contributed by atoms with Crippen molar-refractivity contribution in [3.05, 3.63) is 28.5 Å². The fourth-order valence-electron chi connectivity index (χ4n) is 7.25. The highest BCUT2D eigenvalue weighted by molar-refractivity contribution is 7.90. The van der Waals surface area contributed by atoms with Gasteiger partial charge in [0.25, 0.3) is 0 Å². The maximum Gasteiger partial charge on any atom is 0.511 e. The van der Waals surface area contributed by atoms with Crippen molar-refractivity contribution in [2.24, 2.45) is 11.8 Å². The molecular formula is C25H34ClF3N4O3S. The predicted molar refractivity (Wildman–Crippen MR) is 133 cm³/mol. The van der Waals surface area contributed by atoms with Gasteiger partial charge in [0.2, 0.25) is 5.91 Å². The lowest BCUT2D eigenvalue weighted by Gasteiger charge is -2.47. The maximum absolute atomic E-state index is 14.2. The highest BCUT2D eigenvalue weighted by Crippen LogP contribution is 2.49. The van der Waals surface area contributed by atoms with Gasteiger partial charge in [-0.25, -0.2) is 13.4 Å². The van der Waals surface area contributed by atoms with E-state index in [0.717, 1.165) is 38.6 Å². The number of pyridine rings is 1. The Morgan fingerprint density at radius 2 is 1.84 bits per heavy atom. The average Bonchev–Trinajstić information content (AvgIpc) is 3.29. The van der Waals surface area contributed by atoms with Crippen LogP contribution in [0.5, 0.6) is 0 Å². The first-order chi connectivity index (χ1) is 17.5. The minimum absolute atomic E-state index is 0.0641. The number of piperidine rings is 1. The molecule has 2 saturated heterocycles. The van der Waals surface area contributed by atoms with Gasteiger partial charge in [0.05, 0.1) is 17.7 Å². The van der Waals surface area contributed by atoms with Crippen molar-refractivity contribution in [2.45, 2.75) is 87.2 Å². The lowest BCUT2D eigenvalue weighted by molar-refractivity contribution is -0.142. The van der Waals surface area contributed by atoms with Gasteiger partial charge in [0, 0.05) is 31.1 Å². The number of likely N-dealkylation sites (tertiary alicyclic amines) is 1. The zero-order chi connectivity index (χ0) is 26.4. The molecule has 7 nitrogen and oxygen atoms in total. The van der Waals surface area contributed by atoms with Gasteiger partial charge in [-0.05, 0) is 62.5 Å². The van der Waals surface area contributed by atoms with Crippen LogP contribution < -0.4 is 10.0 Å². The molecular weight excluding hydrogens is 529 g/mol. The first-order valence-electron chi connectivity index (χ1n) is 13.3. The molecule has 4 aliphatic rings. The summed E-state index contributed by atoms with van der Waals surface area (Å²) in [6, 6.07) is 2.33. The molecule has 5 rings (SSSR count). The topological polar surface area (TPSA) is 91.4 Å². The van der Waals surface area contributed by atoms with Crippen molar-refractivity contribution in [1.29, 1.82) is 0 Å². The summed E-state index contributed by atoms with van der Waals surface area (Å²) < 4.78 is 65.1. The Morgan fingerprint density at radius 3 is 2.57 bits per heavy atom. The van der Waals surface area contributed by atoms with Gasteiger partial charge in [-0.3, -0.25) is 4.79 Å². The van der Waals surface area contributed by atoms with Gasteiger partial charge >= 0.3 is 15.5 Å². The second kappa shape index (κ2) is 10.3. The van der Waals surface area contributed by atoms with Crippen LogP contribution in [0.15, 0.2) is 12.1 Å². The van der Waals surface area contributed by atoms with E-state index < -0.39 is 32.9 Å². The van der Waals surface area contributed by atoms with Crippen LogP contribution >= 0.6 is 11.6 Å². The van der Waals surface area contributed by atoms with Crippen LogP contribution in [-0.4, -0.2) is 55.4 Å². The SMILES string of the molecule is O=C(C1CNC[C@]12CCC(NS(=O)(=O)C(F)(F)F)c1nc(Cl)ccc12)N1CCCCC1C1CCCCC1. The molecule has 1 amide bonds. The molecule has 1 spiro atoms. The Balaban J connectivity index is 1.47. The van der Waals surface area contributed by atoms with E-state index >= 15 is 0 Å². The molecule has 2 aliphatic heterocycles. The fraction of sp³-hybridized carbons (Fsp3) is 0.760. The monoisotopic (exact) mass is 562 g/mol. The molecule has 12 heteroatoms. The number of carbonyl (C=O) groups is 1. The van der Waals surface area contributed by atoms with Gasteiger partial charge in [-0.15, -0.1) is 0 Å². The molecule has 37 heavy (non-hydrogen) atoms. The smallest absolute Gasteiger partial charge is 0.339 e. The van der Waals surface area contributed by atoms with Crippen molar-refractivity contribution >= 4 is 27.5 Å². The van der Waals surface area contributed by atoms with E-state index in [1.165, 1.54) is 19.3 Å². The first-order valence-corrected chi connectivity index (χ1v) is 15.2. The summed E-state index contributed by atoms with van der Waals surface area (Å²) in [6.07, 6.45) is 9.50. The predicted octanol–water partition coefficient (Wildman–Crippen LogP) is 4.43. The minimum Gasteiger partial charge on any atom is -0.339 e. The minimum atomic E-state index is -5.58. The van der Waals surface area contributed by atoms with Crippen molar-refractivity contribution < 1.29 is 26.4 Å². The summed E-state index contributed by atoms with van der Waals surface area (Å²) in [5.41, 5.74) is -5.33. The normalized spacial score (nSPS) is 31.5. The molecule has 4 atom stereocenters. The maximum atomic E-state index is 14.2. The number of halogens is 4. The molecule has 0 bridgehead atoms. The molecule has 2 aliphatic carbocycles. The van der Waals surface area contributed by atoms with Crippen molar-refractivity contribution in [2.75, 3.05) is 19.6 Å². The van der Waals surface area contributed by atoms with E-state index in [0.29, 0.717) is 31.0 Å². The molecule has 3 heterocycles. The number of fused-ring (bicyclic) bond motifs is 2. The Hall–Kier alpha value is -1.43. The molecule has 1 saturated carbocycles. The molecule has 0 aromatic carbocycles. The number of hydrogen-bond donors (Lipinski definition) is 2. The zero-order valence-corrected chi connectivity index (χ0v) is 22.3. The number of amides is 1. The second-order valence-electron chi connectivity index (χ2n) is 11.1. The summed E-state index contributed by atoms with van der Waals surface area (Å²) in [5.74, 6) is 0.206. The van der Waals surface area contributed by atoms with E-state index in [-0.39, 0.29) is 29.2 Å². The summed E-state index contributed by atoms with van der Waals surface area (Å²) >= 11 is 6.12. The number of hydrogen-bond acceptors (Lipinski definition) is 5. The van der Waals surface area contributed by atoms with Crippen LogP contribution in [0.2, 0.25) is 5.15 Å². The van der Waals surface area contributed by atoms with Crippen molar-refractivity contribution in [3.63, 3.8) is 0 Å². The van der Waals surface area contributed by atoms with Crippen LogP contribution in [0.3, 0.4) is 0 Å². The van der Waals surface area contributed by atoms with Crippen molar-refractivity contribution in [1.82, 2.24) is 19.9 Å². The van der Waals surface area contributed by atoms with Gasteiger partial charge in [-0.2, -0.15) is 17.9 Å². The van der Waals surface area contributed by atoms with E-state index in [1.54, 1.807) is 16.9 Å². The van der Waals surface area contributed by atoms with Gasteiger partial charge in [0.15, 0.2) is 0 Å². The molecule has 3 fully saturated rings. The van der Waals surface area contributed by atoms with Gasteiger partial charge in [-0.1, -0.05) is 36.9 Å². The zero-order valence-electron chi connectivity index (χ0n) is 20.7. The molecule has 2 N–H and O–H groups in total. The van der Waals surface area contributed by atoms with Gasteiger partial charge in [0.1, 0.15) is 5.15 Å². The number of sulfonamides is 1. The standard InChI is InChI=1S/C25H34ClF3N4O3S/c26-21-10-9-17-22(31-21)19(32-37(35,36)25(27,28)29)11-12-24(17)15-30-14-18(24)23(34)33-13-5-4-8-20(33)16-6-2-1-3-7-16/h9-10,16,18-20,30,32H,1-8,11-15H2/t18?,19?,20?,24-/m0/s1. The number of carbonyl (C=O) groups excluding carboxylic acids is 1. The highest BCUT2D eigenvalue weighted by atomic mass is 35.5. The fourth-order valence-corrected chi connectivity index (χ4v) is 8.14. The Kier molecular flexibility index (Phi) is 7.54. The van der Waals surface area contributed by atoms with E-state index in [9.17, 15) is 26.4 Å². The third-order valence-electron chi connectivity index (χ3n) is 9.02. The van der Waals surface area contributed by atoms with Crippen molar-refractivity contribution in [3.8, 4) is 0 Å². The lowest BCUT2D eigenvalue weighted by atomic mass is 9.64. The molecule has 206 valence electrons. The molecule has 1 aromatic heterocycles. The third-order valence-corrected chi connectivity index (χ3v) is 10.4. The van der Waals surface area contributed by atoms with Crippen LogP contribution in [0.4, 0.5) is 13.2 Å². The van der Waals surface area contributed by atoms with Crippen LogP contribution in [0.1, 0.15) is 81.5 Å². The average molecular weight is 563 g/mol. The van der Waals surface area contributed by atoms with E-state index in [1.807, 2.05) is 0 Å². The third kappa shape index (κ3) is 5.01. The van der Waals surface area contributed by atoms with E-state index in [2.05, 4.69) is 15.2 Å². The van der Waals surface area contributed by atoms with Crippen LogP contribution in [0.25, 0.3) is 0 Å². The molecule has 3 unspecified atom stereocenters. The number of aromatic nitrogens is 1. The van der Waals surface area contributed by atoms with Gasteiger partial charge < -0.3 is 10.2 Å². The summed E-state index contributed by atoms with van der Waals surface area (Å²) in [4.78, 5) is 20.6. The number of nitrogens with zero attached hydrogens (tertiary/aromatic N) is 2. The van der Waals surface area contributed by atoms with Crippen LogP contribution in [-0.2, 0) is 20.2 Å². The molecule has 1 aromatic rings. The number of rotatable bonds is 4. The Bertz CT molecular complexity index is 1130. The highest BCUT2D eigenvalue weighted by Gasteiger charge is 2.55.